The first kappa shape index (κ1) is 20.4. The second-order valence-corrected chi connectivity index (χ2v) is 8.93. The number of anilines is 1. The van der Waals surface area contributed by atoms with E-state index in [9.17, 15) is 17.2 Å². The van der Waals surface area contributed by atoms with Crippen LogP contribution in [-0.2, 0) is 15.8 Å². The van der Waals surface area contributed by atoms with Crippen LogP contribution in [0.15, 0.2) is 42.7 Å². The Balaban J connectivity index is 1.47. The fourth-order valence-electron chi connectivity index (χ4n) is 3.36. The zero-order chi connectivity index (χ0) is 21.3. The van der Waals surface area contributed by atoms with Crippen molar-refractivity contribution in [2.45, 2.75) is 12.7 Å². The number of aryl methyl sites for hydroxylation is 1. The summed E-state index contributed by atoms with van der Waals surface area (Å²) in [6, 6.07) is 6.41. The van der Waals surface area contributed by atoms with Crippen LogP contribution in [0.5, 0.6) is 0 Å². The molecular weight excluding hydrogens is 414 g/mol. The summed E-state index contributed by atoms with van der Waals surface area (Å²) < 4.78 is 55.6. The Labute approximate surface area is 172 Å². The molecule has 1 aromatic carbocycles. The van der Waals surface area contributed by atoms with Gasteiger partial charge in [0.05, 0.1) is 5.75 Å². The summed E-state index contributed by atoms with van der Waals surface area (Å²) >= 11 is 0. The molecule has 30 heavy (non-hydrogen) atoms. The van der Waals surface area contributed by atoms with Gasteiger partial charge in [0.1, 0.15) is 23.3 Å². The number of hydrogen-bond acceptors (Lipinski definition) is 6. The fourth-order valence-corrected chi connectivity index (χ4v) is 4.87. The summed E-state index contributed by atoms with van der Waals surface area (Å²) in [4.78, 5) is 10.8. The molecule has 0 saturated carbocycles. The van der Waals surface area contributed by atoms with Crippen LogP contribution in [-0.4, -0.2) is 58.7 Å². The number of nitrogens with zero attached hydrogens (tertiary/aromatic N) is 6. The molecule has 1 saturated heterocycles. The normalized spacial score (nSPS) is 15.5. The van der Waals surface area contributed by atoms with Crippen molar-refractivity contribution in [2.24, 2.45) is 0 Å². The molecule has 0 radical (unpaired) electrons. The summed E-state index contributed by atoms with van der Waals surface area (Å²) in [6.07, 6.45) is 3.43. The van der Waals surface area contributed by atoms with E-state index >= 15 is 0 Å². The smallest absolute Gasteiger partial charge is 0.218 e. The van der Waals surface area contributed by atoms with Crippen molar-refractivity contribution in [1.82, 2.24) is 24.1 Å². The number of piperazine rings is 1. The van der Waals surface area contributed by atoms with E-state index in [-0.39, 0.29) is 18.7 Å². The molecule has 0 atom stereocenters. The summed E-state index contributed by atoms with van der Waals surface area (Å²) in [5, 5.41) is 4.17. The minimum Gasteiger partial charge on any atom is -0.354 e. The average Bonchev–Trinajstić information content (AvgIpc) is 3.25. The molecule has 158 valence electrons. The van der Waals surface area contributed by atoms with E-state index in [0.29, 0.717) is 30.5 Å². The van der Waals surface area contributed by atoms with Crippen LogP contribution < -0.4 is 4.90 Å². The van der Waals surface area contributed by atoms with E-state index in [1.807, 2.05) is 4.90 Å². The van der Waals surface area contributed by atoms with Gasteiger partial charge in [-0.3, -0.25) is 0 Å². The topological polar surface area (TPSA) is 84.2 Å². The molecule has 0 bridgehead atoms. The predicted molar refractivity (Wildman–Crippen MR) is 107 cm³/mol. The van der Waals surface area contributed by atoms with Gasteiger partial charge < -0.3 is 4.90 Å². The molecule has 2 aromatic heterocycles. The van der Waals surface area contributed by atoms with E-state index in [1.165, 1.54) is 4.31 Å². The van der Waals surface area contributed by atoms with Crippen LogP contribution in [0.25, 0.3) is 5.82 Å². The number of benzene rings is 1. The molecule has 11 heteroatoms. The third-order valence-electron chi connectivity index (χ3n) is 4.85. The standard InChI is InChI=1S/C19H20F2N6O2S/c1-14-23-18(12-19(24-14)27-6-2-5-22-27)25-7-9-26(10-8-25)30(28,29)13-15-11-16(20)3-4-17(15)21/h2-6,11-12H,7-10,13H2,1H3. The van der Waals surface area contributed by atoms with Crippen LogP contribution in [0.3, 0.4) is 0 Å². The summed E-state index contributed by atoms with van der Waals surface area (Å²) in [5.74, 6) is -0.0955. The van der Waals surface area contributed by atoms with Crippen molar-refractivity contribution in [3.63, 3.8) is 0 Å². The zero-order valence-corrected chi connectivity index (χ0v) is 17.1. The Morgan fingerprint density at radius 3 is 2.47 bits per heavy atom. The average molecular weight is 434 g/mol. The highest BCUT2D eigenvalue weighted by Gasteiger charge is 2.29. The summed E-state index contributed by atoms with van der Waals surface area (Å²) in [6.45, 7) is 3.06. The van der Waals surface area contributed by atoms with Crippen molar-refractivity contribution in [1.29, 1.82) is 0 Å². The maximum Gasteiger partial charge on any atom is 0.218 e. The molecule has 0 spiro atoms. The highest BCUT2D eigenvalue weighted by atomic mass is 32.2. The molecule has 0 unspecified atom stereocenters. The minimum atomic E-state index is -3.78. The van der Waals surface area contributed by atoms with Crippen LogP contribution in [0, 0.1) is 18.6 Å². The molecule has 0 aliphatic carbocycles. The Bertz CT molecular complexity index is 1150. The quantitative estimate of drug-likeness (QED) is 0.610. The largest absolute Gasteiger partial charge is 0.354 e. The first-order chi connectivity index (χ1) is 14.3. The van der Waals surface area contributed by atoms with Crippen LogP contribution in [0.1, 0.15) is 11.4 Å². The molecule has 1 fully saturated rings. The van der Waals surface area contributed by atoms with Crippen molar-refractivity contribution in [3.8, 4) is 5.82 Å². The van der Waals surface area contributed by atoms with E-state index in [2.05, 4.69) is 15.1 Å². The van der Waals surface area contributed by atoms with E-state index in [0.717, 1.165) is 18.2 Å². The van der Waals surface area contributed by atoms with Crippen molar-refractivity contribution < 1.29 is 17.2 Å². The molecular formula is C19H20F2N6O2S. The van der Waals surface area contributed by atoms with Gasteiger partial charge in [-0.15, -0.1) is 0 Å². The Kier molecular flexibility index (Phi) is 5.48. The van der Waals surface area contributed by atoms with Gasteiger partial charge in [0.25, 0.3) is 0 Å². The zero-order valence-electron chi connectivity index (χ0n) is 16.2. The molecule has 1 aliphatic rings. The van der Waals surface area contributed by atoms with Gasteiger partial charge in [0.2, 0.25) is 10.0 Å². The maximum absolute atomic E-state index is 13.9. The van der Waals surface area contributed by atoms with Crippen molar-refractivity contribution in [2.75, 3.05) is 31.1 Å². The molecule has 0 amide bonds. The van der Waals surface area contributed by atoms with Gasteiger partial charge in [-0.05, 0) is 31.2 Å². The third-order valence-corrected chi connectivity index (χ3v) is 6.68. The summed E-state index contributed by atoms with van der Waals surface area (Å²) in [5.41, 5.74) is -0.173. The fraction of sp³-hybridized carbons (Fsp3) is 0.316. The van der Waals surface area contributed by atoms with Gasteiger partial charge in [-0.2, -0.15) is 9.40 Å². The van der Waals surface area contributed by atoms with Gasteiger partial charge >= 0.3 is 0 Å². The minimum absolute atomic E-state index is 0.173. The SMILES string of the molecule is Cc1nc(N2CCN(S(=O)(=O)Cc3cc(F)ccc3F)CC2)cc(-n2cccn2)n1. The number of hydrogen-bond donors (Lipinski definition) is 0. The monoisotopic (exact) mass is 434 g/mol. The van der Waals surface area contributed by atoms with Crippen LogP contribution >= 0.6 is 0 Å². The number of halogens is 2. The van der Waals surface area contributed by atoms with E-state index in [1.54, 1.807) is 36.1 Å². The van der Waals surface area contributed by atoms with Crippen molar-refractivity contribution >= 4 is 15.8 Å². The number of aromatic nitrogens is 4. The highest BCUT2D eigenvalue weighted by Crippen LogP contribution is 2.21. The lowest BCUT2D eigenvalue weighted by atomic mass is 10.2. The van der Waals surface area contributed by atoms with Gasteiger partial charge in [-0.25, -0.2) is 31.8 Å². The maximum atomic E-state index is 13.9. The third kappa shape index (κ3) is 4.31. The van der Waals surface area contributed by atoms with E-state index in [4.69, 9.17) is 0 Å². The lowest BCUT2D eigenvalue weighted by Gasteiger charge is -2.34. The Morgan fingerprint density at radius 2 is 1.77 bits per heavy atom. The predicted octanol–water partition coefficient (Wildman–Crippen LogP) is 1.90. The van der Waals surface area contributed by atoms with Crippen LogP contribution in [0.2, 0.25) is 0 Å². The molecule has 4 rings (SSSR count). The van der Waals surface area contributed by atoms with Gasteiger partial charge in [0, 0.05) is 50.2 Å². The molecule has 1 aliphatic heterocycles. The lowest BCUT2D eigenvalue weighted by molar-refractivity contribution is 0.382. The molecule has 0 N–H and O–H groups in total. The lowest BCUT2D eigenvalue weighted by Crippen LogP contribution is -2.49. The number of sulfonamides is 1. The molecule has 3 aromatic rings. The summed E-state index contributed by atoms with van der Waals surface area (Å²) in [7, 11) is -3.78. The molecule has 8 nitrogen and oxygen atoms in total. The first-order valence-corrected chi connectivity index (χ1v) is 11.0. The number of rotatable bonds is 5. The van der Waals surface area contributed by atoms with Gasteiger partial charge in [-0.1, -0.05) is 0 Å². The molecule has 3 heterocycles. The first-order valence-electron chi connectivity index (χ1n) is 9.34. The van der Waals surface area contributed by atoms with Crippen LogP contribution in [0.4, 0.5) is 14.6 Å². The van der Waals surface area contributed by atoms with Gasteiger partial charge in [0.15, 0.2) is 5.82 Å². The second kappa shape index (κ2) is 8.07. The van der Waals surface area contributed by atoms with Crippen molar-refractivity contribution in [3.05, 3.63) is 65.7 Å². The Morgan fingerprint density at radius 1 is 1.03 bits per heavy atom. The van der Waals surface area contributed by atoms with E-state index < -0.39 is 27.4 Å². The Hall–Kier alpha value is -2.92. The second-order valence-electron chi connectivity index (χ2n) is 6.96. The highest BCUT2D eigenvalue weighted by molar-refractivity contribution is 7.88.